The number of aromatic nitrogens is 3. The van der Waals surface area contributed by atoms with Gasteiger partial charge < -0.3 is 16.0 Å². The van der Waals surface area contributed by atoms with Gasteiger partial charge in [0.25, 0.3) is 5.91 Å². The zero-order valence-electron chi connectivity index (χ0n) is 17.6. The minimum atomic E-state index is -2.69. The topological polar surface area (TPSA) is 109 Å². The Morgan fingerprint density at radius 1 is 1.37 bits per heavy atom. The van der Waals surface area contributed by atoms with E-state index in [2.05, 4.69) is 32.4 Å². The summed E-state index contributed by atoms with van der Waals surface area (Å²) in [6.07, 6.45) is 6.76. The second-order valence-corrected chi connectivity index (χ2v) is 6.71. The first-order chi connectivity index (χ1) is 14.2. The maximum Gasteiger partial charge on any atom is 0.273 e. The number of thioether (sulfide) groups is 1. The summed E-state index contributed by atoms with van der Waals surface area (Å²) in [6, 6.07) is 3.29. The number of nitrogens with zero attached hydrogens (tertiary/aromatic N) is 3. The van der Waals surface area contributed by atoms with Crippen LogP contribution in [0.2, 0.25) is 0 Å². The summed E-state index contributed by atoms with van der Waals surface area (Å²) in [5, 5.41) is 15.2. The molecule has 3 rings (SSSR count). The molecule has 0 radical (unpaired) electrons. The second kappa shape index (κ2) is 8.17. The van der Waals surface area contributed by atoms with Crippen molar-refractivity contribution in [3.05, 3.63) is 36.2 Å². The Hall–Kier alpha value is -2.94. The van der Waals surface area contributed by atoms with Crippen molar-refractivity contribution in [2.45, 2.75) is 17.7 Å². The summed E-state index contributed by atoms with van der Waals surface area (Å²) in [7, 11) is 0. The highest BCUT2D eigenvalue weighted by Crippen LogP contribution is 2.31. The Balaban J connectivity index is 1.96. The lowest BCUT2D eigenvalue weighted by Crippen LogP contribution is -2.22. The largest absolute Gasteiger partial charge is 0.354 e. The fraction of sp³-hybridized carbons (Fsp3) is 0.278. The molecule has 2 aromatic rings. The van der Waals surface area contributed by atoms with Crippen LogP contribution in [0.5, 0.6) is 0 Å². The number of carbonyl (C=O) groups is 2. The van der Waals surface area contributed by atoms with Gasteiger partial charge in [-0.15, -0.1) is 22.0 Å². The van der Waals surface area contributed by atoms with Crippen LogP contribution >= 0.6 is 11.8 Å². The smallest absolute Gasteiger partial charge is 0.273 e. The highest BCUT2D eigenvalue weighted by Gasteiger charge is 2.30. The summed E-state index contributed by atoms with van der Waals surface area (Å²) in [6.45, 7) is 1.02. The van der Waals surface area contributed by atoms with Gasteiger partial charge in [-0.25, -0.2) is 4.98 Å². The maximum atomic E-state index is 12.4. The normalized spacial score (nSPS) is 15.1. The van der Waals surface area contributed by atoms with Crippen LogP contribution in [0.25, 0.3) is 6.08 Å². The van der Waals surface area contributed by atoms with Crippen LogP contribution < -0.4 is 16.0 Å². The molecule has 0 spiro atoms. The zero-order chi connectivity index (χ0) is 21.9. The summed E-state index contributed by atoms with van der Waals surface area (Å²) in [4.78, 5) is 29.6. The van der Waals surface area contributed by atoms with Crippen LogP contribution in [0, 0.1) is 5.92 Å². The van der Waals surface area contributed by atoms with Gasteiger partial charge in [0.05, 0.1) is 10.6 Å². The summed E-state index contributed by atoms with van der Waals surface area (Å²) in [5.74, 6) is -0.568. The Morgan fingerprint density at radius 3 is 2.85 bits per heavy atom. The molecule has 0 saturated heterocycles. The minimum Gasteiger partial charge on any atom is -0.354 e. The number of amides is 2. The first-order valence-corrected chi connectivity index (χ1v) is 9.37. The van der Waals surface area contributed by atoms with Gasteiger partial charge in [-0.2, -0.15) is 0 Å². The molecule has 0 aromatic carbocycles. The number of hydrogen-bond acceptors (Lipinski definition) is 7. The van der Waals surface area contributed by atoms with Crippen LogP contribution in [-0.4, -0.2) is 40.2 Å². The summed E-state index contributed by atoms with van der Waals surface area (Å²) < 4.78 is 21.8. The van der Waals surface area contributed by atoms with E-state index >= 15 is 0 Å². The van der Waals surface area contributed by atoms with Crippen molar-refractivity contribution in [3.63, 3.8) is 0 Å². The van der Waals surface area contributed by atoms with Gasteiger partial charge >= 0.3 is 0 Å². The average Bonchev–Trinajstić information content (AvgIpc) is 3.52. The van der Waals surface area contributed by atoms with Gasteiger partial charge in [0.2, 0.25) is 5.91 Å². The molecule has 0 aliphatic heterocycles. The SMILES string of the molecule is [2H]C([2H])([2H])NC(=O)c1nnc(NC(=O)C2CC2)cc1Nc1ncc(C=C)cc1SC. The first kappa shape index (κ1) is 15.2. The lowest BCUT2D eigenvalue weighted by molar-refractivity contribution is -0.117. The van der Waals surface area contributed by atoms with Crippen molar-refractivity contribution in [2.75, 3.05) is 23.9 Å². The van der Waals surface area contributed by atoms with E-state index in [4.69, 9.17) is 4.11 Å². The number of anilines is 3. The molecule has 0 atom stereocenters. The average molecular weight is 387 g/mol. The molecule has 8 nitrogen and oxygen atoms in total. The Morgan fingerprint density at radius 2 is 2.19 bits per heavy atom. The molecule has 1 saturated carbocycles. The molecule has 27 heavy (non-hydrogen) atoms. The molecule has 3 N–H and O–H groups in total. The number of rotatable bonds is 7. The number of pyridine rings is 1. The van der Waals surface area contributed by atoms with Gasteiger partial charge in [0, 0.05) is 29.3 Å². The molecule has 9 heteroatoms. The molecule has 140 valence electrons. The molecule has 2 aromatic heterocycles. The zero-order valence-corrected chi connectivity index (χ0v) is 15.4. The van der Waals surface area contributed by atoms with Crippen molar-refractivity contribution in [1.82, 2.24) is 20.5 Å². The van der Waals surface area contributed by atoms with Gasteiger partial charge in [0.1, 0.15) is 5.82 Å². The van der Waals surface area contributed by atoms with Gasteiger partial charge in [-0.1, -0.05) is 12.7 Å². The quantitative estimate of drug-likeness (QED) is 0.627. The molecule has 0 bridgehead atoms. The molecule has 1 fully saturated rings. The van der Waals surface area contributed by atoms with Crippen LogP contribution in [0.3, 0.4) is 0 Å². The maximum absolute atomic E-state index is 12.4. The lowest BCUT2D eigenvalue weighted by atomic mass is 10.2. The van der Waals surface area contributed by atoms with Crippen molar-refractivity contribution < 1.29 is 13.7 Å². The third-order valence-electron chi connectivity index (χ3n) is 3.90. The van der Waals surface area contributed by atoms with E-state index in [1.165, 1.54) is 17.8 Å². The monoisotopic (exact) mass is 387 g/mol. The molecule has 2 heterocycles. The Kier molecular flexibility index (Phi) is 4.58. The first-order valence-electron chi connectivity index (χ1n) is 9.65. The van der Waals surface area contributed by atoms with E-state index in [0.717, 1.165) is 23.3 Å². The van der Waals surface area contributed by atoms with E-state index in [0.29, 0.717) is 5.82 Å². The Bertz CT molecular complexity index is 994. The second-order valence-electron chi connectivity index (χ2n) is 5.86. The summed E-state index contributed by atoms with van der Waals surface area (Å²) in [5.41, 5.74) is 0.736. The van der Waals surface area contributed by atoms with Gasteiger partial charge in [-0.05, 0) is 30.7 Å². The summed E-state index contributed by atoms with van der Waals surface area (Å²) >= 11 is 1.43. The standard InChI is InChI=1S/C18H20N6O2S/c1-4-10-7-13(27-3)16(20-9-10)21-12-8-14(22-17(25)11-5-6-11)23-24-15(12)18(26)19-2/h4,7-9,11H,1,5-6H2,2-3H3,(H,19,26)(H2,20,21,22,23,25)/i2D3. The van der Waals surface area contributed by atoms with Crippen LogP contribution in [0.15, 0.2) is 29.8 Å². The molecule has 0 unspecified atom stereocenters. The highest BCUT2D eigenvalue weighted by atomic mass is 32.2. The van der Waals surface area contributed by atoms with E-state index < -0.39 is 12.9 Å². The van der Waals surface area contributed by atoms with Crippen LogP contribution in [-0.2, 0) is 4.79 Å². The third-order valence-corrected chi connectivity index (χ3v) is 4.66. The van der Waals surface area contributed by atoms with Crippen molar-refractivity contribution in [3.8, 4) is 0 Å². The molecule has 2 amide bonds. The number of nitrogens with one attached hydrogen (secondary N) is 3. The fourth-order valence-corrected chi connectivity index (χ4v) is 2.85. The molecule has 1 aliphatic carbocycles. The molecular weight excluding hydrogens is 364 g/mol. The van der Waals surface area contributed by atoms with E-state index in [9.17, 15) is 9.59 Å². The third kappa shape index (κ3) is 4.43. The number of carbonyl (C=O) groups excluding carboxylic acids is 2. The molecular formula is C18H20N6O2S. The van der Waals surface area contributed by atoms with Crippen LogP contribution in [0.4, 0.5) is 17.3 Å². The lowest BCUT2D eigenvalue weighted by Gasteiger charge is -2.14. The predicted octanol–water partition coefficient (Wildman–Crippen LogP) is 2.69. The van der Waals surface area contributed by atoms with E-state index in [1.807, 2.05) is 17.6 Å². The highest BCUT2D eigenvalue weighted by molar-refractivity contribution is 7.98. The van der Waals surface area contributed by atoms with Gasteiger partial charge in [0.15, 0.2) is 11.5 Å². The minimum absolute atomic E-state index is 0.0436. The Labute approximate surface area is 165 Å². The van der Waals surface area contributed by atoms with Gasteiger partial charge in [-0.3, -0.25) is 9.59 Å². The van der Waals surface area contributed by atoms with E-state index in [1.54, 1.807) is 12.3 Å². The van der Waals surface area contributed by atoms with Crippen molar-refractivity contribution >= 4 is 47.0 Å². The van der Waals surface area contributed by atoms with Crippen LogP contribution in [0.1, 0.15) is 33.0 Å². The number of hydrogen-bond donors (Lipinski definition) is 3. The fourth-order valence-electron chi connectivity index (χ4n) is 2.30. The van der Waals surface area contributed by atoms with E-state index in [-0.39, 0.29) is 29.0 Å². The molecule has 1 aliphatic rings. The predicted molar refractivity (Wildman–Crippen MR) is 106 cm³/mol. The van der Waals surface area contributed by atoms with Crippen molar-refractivity contribution in [1.29, 1.82) is 0 Å². The van der Waals surface area contributed by atoms with Crippen molar-refractivity contribution in [2.24, 2.45) is 5.92 Å².